The van der Waals surface area contributed by atoms with Gasteiger partial charge in [-0.15, -0.1) is 0 Å². The van der Waals surface area contributed by atoms with E-state index in [0.29, 0.717) is 5.82 Å². The van der Waals surface area contributed by atoms with Crippen molar-refractivity contribution in [1.82, 2.24) is 14.5 Å². The lowest BCUT2D eigenvalue weighted by molar-refractivity contribution is 1.16. The van der Waals surface area contributed by atoms with Gasteiger partial charge in [0.25, 0.3) is 0 Å². The van der Waals surface area contributed by atoms with Crippen molar-refractivity contribution in [3.63, 3.8) is 0 Å². The van der Waals surface area contributed by atoms with Crippen molar-refractivity contribution in [3.8, 4) is 50.7 Å². The van der Waals surface area contributed by atoms with Crippen LogP contribution in [0.15, 0.2) is 164 Å². The number of fused-ring (bicyclic) bond motifs is 3. The first-order valence-corrected chi connectivity index (χ1v) is 14.5. The van der Waals surface area contributed by atoms with Crippen LogP contribution in [-0.4, -0.2) is 14.5 Å². The van der Waals surface area contributed by atoms with Crippen molar-refractivity contribution in [2.45, 2.75) is 0 Å². The van der Waals surface area contributed by atoms with Crippen molar-refractivity contribution in [2.75, 3.05) is 0 Å². The maximum Gasteiger partial charge on any atom is 0.160 e. The van der Waals surface area contributed by atoms with E-state index in [-0.39, 0.29) is 0 Å². The first-order chi connectivity index (χ1) is 21.3. The molecule has 8 rings (SSSR count). The molecule has 0 aliphatic rings. The second-order valence-electron chi connectivity index (χ2n) is 10.7. The van der Waals surface area contributed by atoms with Gasteiger partial charge in [0.1, 0.15) is 0 Å². The van der Waals surface area contributed by atoms with Gasteiger partial charge in [-0.3, -0.25) is 0 Å². The molecule has 6 aromatic carbocycles. The van der Waals surface area contributed by atoms with Gasteiger partial charge in [0.15, 0.2) is 5.82 Å². The largest absolute Gasteiger partial charge is 0.309 e. The zero-order valence-electron chi connectivity index (χ0n) is 23.4. The molecule has 2 aromatic heterocycles. The molecule has 0 saturated carbocycles. The van der Waals surface area contributed by atoms with Crippen LogP contribution in [0, 0.1) is 0 Å². The standard InChI is InChI=1S/C40H27N3/c1-3-11-28(12-4-1)29-19-21-31(22-20-29)37-27-36(30-13-5-2-6-14-30)41-40(42-37)32-23-25-33(26-24-32)43-38-17-9-7-15-34(38)35-16-8-10-18-39(35)43/h1-27H. The maximum atomic E-state index is 5.08. The number of benzene rings is 6. The Morgan fingerprint density at radius 1 is 0.349 bits per heavy atom. The molecule has 0 N–H and O–H groups in total. The number of hydrogen-bond acceptors (Lipinski definition) is 2. The van der Waals surface area contributed by atoms with Crippen LogP contribution in [0.3, 0.4) is 0 Å². The summed E-state index contributed by atoms with van der Waals surface area (Å²) in [5.74, 6) is 0.706. The topological polar surface area (TPSA) is 30.7 Å². The van der Waals surface area contributed by atoms with Crippen LogP contribution < -0.4 is 0 Å². The van der Waals surface area contributed by atoms with E-state index in [1.807, 2.05) is 24.3 Å². The average molecular weight is 550 g/mol. The van der Waals surface area contributed by atoms with Crippen LogP contribution in [-0.2, 0) is 0 Å². The van der Waals surface area contributed by atoms with Gasteiger partial charge in [0, 0.05) is 33.2 Å². The van der Waals surface area contributed by atoms with Gasteiger partial charge in [-0.25, -0.2) is 9.97 Å². The number of para-hydroxylation sites is 2. The Morgan fingerprint density at radius 3 is 1.35 bits per heavy atom. The molecule has 2 heterocycles. The molecular weight excluding hydrogens is 522 g/mol. The van der Waals surface area contributed by atoms with Gasteiger partial charge < -0.3 is 4.57 Å². The summed E-state index contributed by atoms with van der Waals surface area (Å²) < 4.78 is 2.33. The molecule has 0 aliphatic heterocycles. The fraction of sp³-hybridized carbons (Fsp3) is 0. The lowest BCUT2D eigenvalue weighted by atomic mass is 10.0. The Kier molecular flexibility index (Phi) is 6.12. The van der Waals surface area contributed by atoms with Crippen molar-refractivity contribution >= 4 is 21.8 Å². The number of rotatable bonds is 5. The van der Waals surface area contributed by atoms with E-state index in [4.69, 9.17) is 9.97 Å². The molecule has 0 saturated heterocycles. The molecule has 0 aliphatic carbocycles. The third-order valence-corrected chi connectivity index (χ3v) is 8.05. The summed E-state index contributed by atoms with van der Waals surface area (Å²) >= 11 is 0. The van der Waals surface area contributed by atoms with Gasteiger partial charge >= 0.3 is 0 Å². The van der Waals surface area contributed by atoms with Crippen LogP contribution >= 0.6 is 0 Å². The van der Waals surface area contributed by atoms with E-state index < -0.39 is 0 Å². The number of aromatic nitrogens is 3. The third kappa shape index (κ3) is 4.58. The second kappa shape index (κ2) is 10.6. The Bertz CT molecular complexity index is 2140. The first kappa shape index (κ1) is 25.0. The van der Waals surface area contributed by atoms with E-state index in [2.05, 4.69) is 144 Å². The molecule has 202 valence electrons. The highest BCUT2D eigenvalue weighted by Crippen LogP contribution is 2.33. The minimum atomic E-state index is 0.706. The summed E-state index contributed by atoms with van der Waals surface area (Å²) in [6.07, 6.45) is 0. The predicted octanol–water partition coefficient (Wildman–Crippen LogP) is 10.2. The lowest BCUT2D eigenvalue weighted by Crippen LogP contribution is -1.97. The molecule has 3 heteroatoms. The van der Waals surface area contributed by atoms with Gasteiger partial charge in [-0.1, -0.05) is 121 Å². The molecule has 0 amide bonds. The lowest BCUT2D eigenvalue weighted by Gasteiger charge is -2.11. The molecule has 3 nitrogen and oxygen atoms in total. The van der Waals surface area contributed by atoms with Crippen LogP contribution in [0.5, 0.6) is 0 Å². The van der Waals surface area contributed by atoms with Crippen molar-refractivity contribution in [2.24, 2.45) is 0 Å². The molecule has 0 unspecified atom stereocenters. The second-order valence-corrected chi connectivity index (χ2v) is 10.7. The zero-order chi connectivity index (χ0) is 28.6. The Morgan fingerprint density at radius 2 is 0.767 bits per heavy atom. The van der Waals surface area contributed by atoms with Gasteiger partial charge in [-0.2, -0.15) is 0 Å². The van der Waals surface area contributed by atoms with Crippen LogP contribution in [0.25, 0.3) is 72.5 Å². The van der Waals surface area contributed by atoms with Crippen molar-refractivity contribution in [1.29, 1.82) is 0 Å². The first-order valence-electron chi connectivity index (χ1n) is 14.5. The monoisotopic (exact) mass is 549 g/mol. The molecule has 0 fully saturated rings. The minimum absolute atomic E-state index is 0.706. The highest BCUT2D eigenvalue weighted by Gasteiger charge is 2.14. The summed E-state index contributed by atoms with van der Waals surface area (Å²) in [7, 11) is 0. The van der Waals surface area contributed by atoms with Crippen LogP contribution in [0.4, 0.5) is 0 Å². The summed E-state index contributed by atoms with van der Waals surface area (Å²) in [4.78, 5) is 10.1. The summed E-state index contributed by atoms with van der Waals surface area (Å²) in [6.45, 7) is 0. The highest BCUT2D eigenvalue weighted by atomic mass is 15.0. The van der Waals surface area contributed by atoms with Crippen molar-refractivity contribution < 1.29 is 0 Å². The molecule has 0 radical (unpaired) electrons. The van der Waals surface area contributed by atoms with Gasteiger partial charge in [-0.05, 0) is 53.6 Å². The molecule has 0 bridgehead atoms. The quantitative estimate of drug-likeness (QED) is 0.214. The minimum Gasteiger partial charge on any atom is -0.309 e. The molecule has 0 atom stereocenters. The summed E-state index contributed by atoms with van der Waals surface area (Å²) in [6, 6.07) is 57.2. The van der Waals surface area contributed by atoms with Crippen molar-refractivity contribution in [3.05, 3.63) is 164 Å². The van der Waals surface area contributed by atoms with Crippen LogP contribution in [0.2, 0.25) is 0 Å². The number of nitrogens with zero attached hydrogens (tertiary/aromatic N) is 3. The van der Waals surface area contributed by atoms with E-state index in [1.54, 1.807) is 0 Å². The molecule has 8 aromatic rings. The smallest absolute Gasteiger partial charge is 0.160 e. The molecule has 0 spiro atoms. The third-order valence-electron chi connectivity index (χ3n) is 8.05. The zero-order valence-corrected chi connectivity index (χ0v) is 23.4. The Hall–Kier alpha value is -5.80. The normalized spacial score (nSPS) is 11.3. The van der Waals surface area contributed by atoms with E-state index >= 15 is 0 Å². The fourth-order valence-electron chi connectivity index (χ4n) is 5.91. The van der Waals surface area contributed by atoms with Crippen LogP contribution in [0.1, 0.15) is 0 Å². The summed E-state index contributed by atoms with van der Waals surface area (Å²) in [5, 5.41) is 2.51. The maximum absolute atomic E-state index is 5.08. The Labute approximate surface area is 250 Å². The summed E-state index contributed by atoms with van der Waals surface area (Å²) in [5.41, 5.74) is 10.8. The predicted molar refractivity (Wildman–Crippen MR) is 178 cm³/mol. The fourth-order valence-corrected chi connectivity index (χ4v) is 5.91. The average Bonchev–Trinajstić information content (AvgIpc) is 3.43. The number of hydrogen-bond donors (Lipinski definition) is 0. The van der Waals surface area contributed by atoms with E-state index in [0.717, 1.165) is 33.8 Å². The highest BCUT2D eigenvalue weighted by molar-refractivity contribution is 6.09. The van der Waals surface area contributed by atoms with E-state index in [1.165, 1.54) is 32.9 Å². The van der Waals surface area contributed by atoms with E-state index in [9.17, 15) is 0 Å². The SMILES string of the molecule is c1ccc(-c2ccc(-c3cc(-c4ccccc4)nc(-c4ccc(-n5c6ccccc6c6ccccc65)cc4)n3)cc2)cc1. The van der Waals surface area contributed by atoms with Gasteiger partial charge in [0.2, 0.25) is 0 Å². The Balaban J connectivity index is 1.22. The molecular formula is C40H27N3. The molecule has 43 heavy (non-hydrogen) atoms. The van der Waals surface area contributed by atoms with Gasteiger partial charge in [0.05, 0.1) is 22.4 Å².